The van der Waals surface area contributed by atoms with Crippen molar-refractivity contribution in [1.82, 2.24) is 14.5 Å². The molecular formula is C14H21ClN4. The second-order valence-electron chi connectivity index (χ2n) is 5.21. The first kappa shape index (κ1) is 14.3. The molecule has 104 valence electrons. The molecule has 0 aliphatic carbocycles. The van der Waals surface area contributed by atoms with Gasteiger partial charge in [0.2, 0.25) is 0 Å². The number of likely N-dealkylation sites (tertiary alicyclic amines) is 1. The van der Waals surface area contributed by atoms with E-state index in [0.717, 1.165) is 37.4 Å². The minimum Gasteiger partial charge on any atom is -0.330 e. The first-order valence-corrected chi connectivity index (χ1v) is 6.62. The van der Waals surface area contributed by atoms with E-state index >= 15 is 0 Å². The highest BCUT2D eigenvalue weighted by atomic mass is 35.5. The van der Waals surface area contributed by atoms with E-state index < -0.39 is 0 Å². The molecule has 2 N–H and O–H groups in total. The normalized spacial score (nSPS) is 20.4. The number of aryl methyl sites for hydroxylation is 1. The Morgan fingerprint density at radius 3 is 2.89 bits per heavy atom. The predicted molar refractivity (Wildman–Crippen MR) is 80.4 cm³/mol. The Hall–Kier alpha value is -1.10. The van der Waals surface area contributed by atoms with Gasteiger partial charge in [0.15, 0.2) is 0 Å². The molecular weight excluding hydrogens is 260 g/mol. The molecule has 0 radical (unpaired) electrons. The molecule has 1 atom stereocenters. The van der Waals surface area contributed by atoms with Crippen molar-refractivity contribution in [3.8, 4) is 0 Å². The summed E-state index contributed by atoms with van der Waals surface area (Å²) < 4.78 is 2.19. The molecule has 1 aliphatic rings. The van der Waals surface area contributed by atoms with Crippen molar-refractivity contribution in [1.29, 1.82) is 0 Å². The molecule has 0 saturated carbocycles. The lowest BCUT2D eigenvalue weighted by atomic mass is 10.1. The second kappa shape index (κ2) is 5.90. The van der Waals surface area contributed by atoms with Gasteiger partial charge in [-0.25, -0.2) is 4.98 Å². The molecule has 2 heterocycles. The van der Waals surface area contributed by atoms with Gasteiger partial charge < -0.3 is 10.3 Å². The van der Waals surface area contributed by atoms with E-state index in [1.807, 2.05) is 6.07 Å². The van der Waals surface area contributed by atoms with E-state index in [1.165, 1.54) is 11.9 Å². The zero-order chi connectivity index (χ0) is 12.5. The average molecular weight is 281 g/mol. The molecule has 0 spiro atoms. The zero-order valence-electron chi connectivity index (χ0n) is 11.2. The topological polar surface area (TPSA) is 47.1 Å². The van der Waals surface area contributed by atoms with Crippen LogP contribution in [0.1, 0.15) is 18.7 Å². The van der Waals surface area contributed by atoms with Crippen LogP contribution in [0.4, 0.5) is 0 Å². The van der Waals surface area contributed by atoms with Crippen LogP contribution in [-0.4, -0.2) is 33.6 Å². The number of benzene rings is 1. The molecule has 1 aromatic carbocycles. The molecule has 0 amide bonds. The van der Waals surface area contributed by atoms with Gasteiger partial charge >= 0.3 is 0 Å². The number of para-hydroxylation sites is 2. The molecule has 1 aliphatic heterocycles. The van der Waals surface area contributed by atoms with Gasteiger partial charge in [-0.15, -0.1) is 12.4 Å². The predicted octanol–water partition coefficient (Wildman–Crippen LogP) is 1.92. The van der Waals surface area contributed by atoms with Crippen LogP contribution in [0.3, 0.4) is 0 Å². The highest BCUT2D eigenvalue weighted by Gasteiger charge is 2.18. The van der Waals surface area contributed by atoms with Crippen molar-refractivity contribution in [2.45, 2.75) is 25.4 Å². The van der Waals surface area contributed by atoms with Crippen molar-refractivity contribution in [2.75, 3.05) is 13.1 Å². The van der Waals surface area contributed by atoms with E-state index in [2.05, 4.69) is 34.7 Å². The van der Waals surface area contributed by atoms with Crippen LogP contribution < -0.4 is 5.73 Å². The van der Waals surface area contributed by atoms with Crippen LogP contribution in [0.25, 0.3) is 11.0 Å². The van der Waals surface area contributed by atoms with Crippen LogP contribution in [0, 0.1) is 0 Å². The van der Waals surface area contributed by atoms with Gasteiger partial charge in [0.05, 0.1) is 17.6 Å². The number of nitrogens with zero attached hydrogens (tertiary/aromatic N) is 3. The first-order chi connectivity index (χ1) is 8.74. The van der Waals surface area contributed by atoms with Gasteiger partial charge in [-0.2, -0.15) is 0 Å². The highest BCUT2D eigenvalue weighted by molar-refractivity contribution is 5.85. The summed E-state index contributed by atoms with van der Waals surface area (Å²) in [6.45, 7) is 3.03. The Labute approximate surface area is 120 Å². The maximum atomic E-state index is 6.02. The monoisotopic (exact) mass is 280 g/mol. The van der Waals surface area contributed by atoms with E-state index in [-0.39, 0.29) is 12.4 Å². The number of fused-ring (bicyclic) bond motifs is 1. The van der Waals surface area contributed by atoms with E-state index in [1.54, 1.807) is 0 Å². The fourth-order valence-corrected chi connectivity index (χ4v) is 2.77. The van der Waals surface area contributed by atoms with Crippen molar-refractivity contribution >= 4 is 23.4 Å². The van der Waals surface area contributed by atoms with Crippen LogP contribution in [0.2, 0.25) is 0 Å². The maximum Gasteiger partial charge on any atom is 0.123 e. The van der Waals surface area contributed by atoms with Crippen LogP contribution in [0.5, 0.6) is 0 Å². The maximum absolute atomic E-state index is 6.02. The molecule has 4 nitrogen and oxygen atoms in total. The van der Waals surface area contributed by atoms with Crippen LogP contribution in [0.15, 0.2) is 24.3 Å². The van der Waals surface area contributed by atoms with Gasteiger partial charge in [-0.05, 0) is 31.5 Å². The summed E-state index contributed by atoms with van der Waals surface area (Å²) in [5, 5.41) is 0. The lowest BCUT2D eigenvalue weighted by Crippen LogP contribution is -2.42. The Morgan fingerprint density at radius 2 is 2.16 bits per heavy atom. The summed E-state index contributed by atoms with van der Waals surface area (Å²) in [5.41, 5.74) is 8.31. The molecule has 0 bridgehead atoms. The third-order valence-corrected chi connectivity index (χ3v) is 3.79. The van der Waals surface area contributed by atoms with Crippen molar-refractivity contribution in [3.05, 3.63) is 30.1 Å². The van der Waals surface area contributed by atoms with Crippen molar-refractivity contribution in [2.24, 2.45) is 12.8 Å². The molecule has 5 heteroatoms. The second-order valence-corrected chi connectivity index (χ2v) is 5.21. The number of hydrogen-bond acceptors (Lipinski definition) is 3. The SMILES string of the molecule is Cl.Cn1c(CN2CCCC(N)C2)nc2ccccc21. The molecule has 1 fully saturated rings. The number of rotatable bonds is 2. The number of halogens is 1. The molecule has 3 rings (SSSR count). The number of piperidine rings is 1. The van der Waals surface area contributed by atoms with E-state index in [4.69, 9.17) is 10.7 Å². The van der Waals surface area contributed by atoms with Gasteiger partial charge in [-0.1, -0.05) is 12.1 Å². The summed E-state index contributed by atoms with van der Waals surface area (Å²) in [6, 6.07) is 8.61. The van der Waals surface area contributed by atoms with Gasteiger partial charge in [0.1, 0.15) is 5.82 Å². The third-order valence-electron chi connectivity index (χ3n) is 3.79. The Kier molecular flexibility index (Phi) is 4.45. The number of hydrogen-bond donors (Lipinski definition) is 1. The zero-order valence-corrected chi connectivity index (χ0v) is 12.1. The first-order valence-electron chi connectivity index (χ1n) is 6.62. The molecule has 2 aromatic rings. The van der Waals surface area contributed by atoms with E-state index in [0.29, 0.717) is 6.04 Å². The minimum absolute atomic E-state index is 0. The average Bonchev–Trinajstić information content (AvgIpc) is 2.67. The molecule has 1 unspecified atom stereocenters. The van der Waals surface area contributed by atoms with Crippen molar-refractivity contribution in [3.63, 3.8) is 0 Å². The Balaban J connectivity index is 0.00000133. The summed E-state index contributed by atoms with van der Waals surface area (Å²) >= 11 is 0. The number of aromatic nitrogens is 2. The summed E-state index contributed by atoms with van der Waals surface area (Å²) in [5.74, 6) is 1.13. The van der Waals surface area contributed by atoms with Crippen LogP contribution in [-0.2, 0) is 13.6 Å². The smallest absolute Gasteiger partial charge is 0.123 e. The van der Waals surface area contributed by atoms with Crippen LogP contribution >= 0.6 is 12.4 Å². The summed E-state index contributed by atoms with van der Waals surface area (Å²) in [7, 11) is 2.09. The lowest BCUT2D eigenvalue weighted by molar-refractivity contribution is 0.196. The Bertz CT molecular complexity index is 551. The van der Waals surface area contributed by atoms with Gasteiger partial charge in [0, 0.05) is 19.6 Å². The quantitative estimate of drug-likeness (QED) is 0.914. The molecule has 19 heavy (non-hydrogen) atoms. The number of nitrogens with two attached hydrogens (primary N) is 1. The third kappa shape index (κ3) is 2.91. The van der Waals surface area contributed by atoms with Gasteiger partial charge in [-0.3, -0.25) is 4.90 Å². The van der Waals surface area contributed by atoms with Crippen molar-refractivity contribution < 1.29 is 0 Å². The molecule has 1 aromatic heterocycles. The van der Waals surface area contributed by atoms with Gasteiger partial charge in [0.25, 0.3) is 0 Å². The molecule has 1 saturated heterocycles. The summed E-state index contributed by atoms with van der Waals surface area (Å²) in [4.78, 5) is 7.12. The fraction of sp³-hybridized carbons (Fsp3) is 0.500. The highest BCUT2D eigenvalue weighted by Crippen LogP contribution is 2.17. The number of imidazole rings is 1. The van der Waals surface area contributed by atoms with E-state index in [9.17, 15) is 0 Å². The minimum atomic E-state index is 0. The largest absolute Gasteiger partial charge is 0.330 e. The Morgan fingerprint density at radius 1 is 1.37 bits per heavy atom. The fourth-order valence-electron chi connectivity index (χ4n) is 2.77. The lowest BCUT2D eigenvalue weighted by Gasteiger charge is -2.30. The standard InChI is InChI=1S/C14H20N4.ClH/c1-17-13-7-3-2-6-12(13)16-14(17)10-18-8-4-5-11(15)9-18;/h2-3,6-7,11H,4-5,8-10,15H2,1H3;1H. The summed E-state index contributed by atoms with van der Waals surface area (Å²) in [6.07, 6.45) is 2.35.